The van der Waals surface area contributed by atoms with Crippen LogP contribution >= 0.6 is 0 Å². The lowest BCUT2D eigenvalue weighted by atomic mass is 9.77. The third-order valence-corrected chi connectivity index (χ3v) is 3.71. The Balaban J connectivity index is 2.19. The Bertz CT molecular complexity index is 536. The Labute approximate surface area is 114 Å². The van der Waals surface area contributed by atoms with Gasteiger partial charge in [0, 0.05) is 0 Å². The number of amides is 1. The van der Waals surface area contributed by atoms with Gasteiger partial charge in [-0.3, -0.25) is 4.79 Å². The first kappa shape index (κ1) is 13.3. The maximum absolute atomic E-state index is 11.9. The molecule has 1 unspecified atom stereocenters. The molecule has 2 N–H and O–H groups in total. The Morgan fingerprint density at radius 3 is 2.05 bits per heavy atom. The van der Waals surface area contributed by atoms with E-state index in [4.69, 9.17) is 5.73 Å². The molecule has 0 aromatic heterocycles. The highest BCUT2D eigenvalue weighted by molar-refractivity contribution is 5.86. The molecule has 2 heteroatoms. The Morgan fingerprint density at radius 2 is 1.53 bits per heavy atom. The van der Waals surface area contributed by atoms with Gasteiger partial charge in [0.15, 0.2) is 0 Å². The first-order valence-corrected chi connectivity index (χ1v) is 6.52. The molecule has 0 saturated carbocycles. The molecular formula is C17H19NO. The number of carbonyl (C=O) groups excluding carboxylic acids is 1. The number of aryl methyl sites for hydroxylation is 1. The number of hydrogen-bond donors (Lipinski definition) is 1. The molecular weight excluding hydrogens is 234 g/mol. The van der Waals surface area contributed by atoms with Gasteiger partial charge < -0.3 is 5.73 Å². The first-order valence-electron chi connectivity index (χ1n) is 6.52. The molecule has 0 radical (unpaired) electrons. The van der Waals surface area contributed by atoms with E-state index in [1.54, 1.807) is 0 Å². The van der Waals surface area contributed by atoms with E-state index in [1.807, 2.05) is 55.5 Å². The van der Waals surface area contributed by atoms with Crippen molar-refractivity contribution in [2.45, 2.75) is 25.2 Å². The minimum absolute atomic E-state index is 0.269. The predicted octanol–water partition coefficient (Wildman–Crippen LogP) is 3.06. The molecule has 0 aliphatic carbocycles. The van der Waals surface area contributed by atoms with Crippen molar-refractivity contribution in [1.29, 1.82) is 0 Å². The van der Waals surface area contributed by atoms with E-state index in [1.165, 1.54) is 5.56 Å². The second-order valence-corrected chi connectivity index (χ2v) is 5.05. The lowest BCUT2D eigenvalue weighted by Crippen LogP contribution is -2.38. The highest BCUT2D eigenvalue weighted by Crippen LogP contribution is 2.28. The Hall–Kier alpha value is -2.09. The fourth-order valence-corrected chi connectivity index (χ4v) is 2.25. The summed E-state index contributed by atoms with van der Waals surface area (Å²) in [5.41, 5.74) is 7.23. The van der Waals surface area contributed by atoms with E-state index < -0.39 is 5.41 Å². The smallest absolute Gasteiger partial charge is 0.227 e. The summed E-state index contributed by atoms with van der Waals surface area (Å²) >= 11 is 0. The van der Waals surface area contributed by atoms with E-state index in [-0.39, 0.29) is 5.91 Å². The van der Waals surface area contributed by atoms with Gasteiger partial charge in [-0.05, 0) is 30.9 Å². The zero-order valence-electron chi connectivity index (χ0n) is 11.2. The van der Waals surface area contributed by atoms with E-state index in [0.717, 1.165) is 18.4 Å². The zero-order valence-corrected chi connectivity index (χ0v) is 11.2. The van der Waals surface area contributed by atoms with Crippen LogP contribution in [0, 0.1) is 0 Å². The Kier molecular flexibility index (Phi) is 4.00. The Morgan fingerprint density at radius 1 is 1.00 bits per heavy atom. The maximum Gasteiger partial charge on any atom is 0.227 e. The van der Waals surface area contributed by atoms with Gasteiger partial charge in [0.05, 0.1) is 5.41 Å². The quantitative estimate of drug-likeness (QED) is 0.874. The molecule has 0 bridgehead atoms. The molecule has 0 fully saturated rings. The highest BCUT2D eigenvalue weighted by Gasteiger charge is 2.32. The molecule has 2 aromatic carbocycles. The van der Waals surface area contributed by atoms with E-state index >= 15 is 0 Å². The minimum atomic E-state index is -0.614. The van der Waals surface area contributed by atoms with Crippen molar-refractivity contribution in [3.8, 4) is 0 Å². The molecule has 0 aliphatic rings. The van der Waals surface area contributed by atoms with Crippen molar-refractivity contribution >= 4 is 5.91 Å². The van der Waals surface area contributed by atoms with Crippen molar-refractivity contribution < 1.29 is 4.79 Å². The summed E-state index contributed by atoms with van der Waals surface area (Å²) in [6.07, 6.45) is 1.56. The summed E-state index contributed by atoms with van der Waals surface area (Å²) in [4.78, 5) is 11.9. The number of carbonyl (C=O) groups is 1. The van der Waals surface area contributed by atoms with Gasteiger partial charge in [0.2, 0.25) is 5.91 Å². The molecule has 0 saturated heterocycles. The van der Waals surface area contributed by atoms with Gasteiger partial charge >= 0.3 is 0 Å². The molecule has 2 nitrogen and oxygen atoms in total. The molecule has 1 amide bonds. The largest absolute Gasteiger partial charge is 0.369 e. The topological polar surface area (TPSA) is 43.1 Å². The van der Waals surface area contributed by atoms with Crippen LogP contribution in [-0.4, -0.2) is 5.91 Å². The summed E-state index contributed by atoms with van der Waals surface area (Å²) in [7, 11) is 0. The van der Waals surface area contributed by atoms with Gasteiger partial charge in [0.25, 0.3) is 0 Å². The SMILES string of the molecule is CC(CCc1ccccc1)(C(N)=O)c1ccccc1. The fourth-order valence-electron chi connectivity index (χ4n) is 2.25. The average molecular weight is 253 g/mol. The van der Waals surface area contributed by atoms with Gasteiger partial charge in [-0.15, -0.1) is 0 Å². The predicted molar refractivity (Wildman–Crippen MR) is 77.8 cm³/mol. The van der Waals surface area contributed by atoms with Gasteiger partial charge in [-0.1, -0.05) is 60.7 Å². The van der Waals surface area contributed by atoms with E-state index in [2.05, 4.69) is 12.1 Å². The molecule has 0 aliphatic heterocycles. The van der Waals surface area contributed by atoms with Crippen LogP contribution in [0.2, 0.25) is 0 Å². The van der Waals surface area contributed by atoms with Gasteiger partial charge in [-0.25, -0.2) is 0 Å². The number of primary amides is 1. The lowest BCUT2D eigenvalue weighted by Gasteiger charge is -2.26. The lowest BCUT2D eigenvalue weighted by molar-refractivity contribution is -0.123. The summed E-state index contributed by atoms with van der Waals surface area (Å²) in [6.45, 7) is 1.92. The van der Waals surface area contributed by atoms with Crippen LogP contribution in [-0.2, 0) is 16.6 Å². The second-order valence-electron chi connectivity index (χ2n) is 5.05. The molecule has 19 heavy (non-hydrogen) atoms. The van der Waals surface area contributed by atoms with Crippen molar-refractivity contribution in [1.82, 2.24) is 0 Å². The van der Waals surface area contributed by atoms with E-state index in [9.17, 15) is 4.79 Å². The minimum Gasteiger partial charge on any atom is -0.369 e. The molecule has 0 spiro atoms. The van der Waals surface area contributed by atoms with Crippen molar-refractivity contribution in [3.05, 3.63) is 71.8 Å². The van der Waals surface area contributed by atoms with Gasteiger partial charge in [0.1, 0.15) is 0 Å². The third-order valence-electron chi connectivity index (χ3n) is 3.71. The van der Waals surface area contributed by atoms with Crippen molar-refractivity contribution in [2.75, 3.05) is 0 Å². The summed E-state index contributed by atoms with van der Waals surface area (Å²) in [5.74, 6) is -0.269. The van der Waals surface area contributed by atoms with E-state index in [0.29, 0.717) is 0 Å². The van der Waals surface area contributed by atoms with Gasteiger partial charge in [-0.2, -0.15) is 0 Å². The first-order chi connectivity index (χ1) is 9.13. The molecule has 1 atom stereocenters. The third kappa shape index (κ3) is 3.02. The number of benzene rings is 2. The normalized spacial score (nSPS) is 13.7. The van der Waals surface area contributed by atoms with Crippen molar-refractivity contribution in [2.24, 2.45) is 5.73 Å². The fraction of sp³-hybridized carbons (Fsp3) is 0.235. The molecule has 2 rings (SSSR count). The molecule has 2 aromatic rings. The number of hydrogen-bond acceptors (Lipinski definition) is 1. The number of nitrogens with two attached hydrogens (primary N) is 1. The van der Waals surface area contributed by atoms with Crippen LogP contribution in [0.3, 0.4) is 0 Å². The summed E-state index contributed by atoms with van der Waals surface area (Å²) in [6, 6.07) is 19.9. The standard InChI is InChI=1S/C17H19NO/c1-17(16(18)19,15-10-6-3-7-11-15)13-12-14-8-4-2-5-9-14/h2-11H,12-13H2,1H3,(H2,18,19). The maximum atomic E-state index is 11.9. The van der Waals surface area contributed by atoms with Crippen LogP contribution in [0.25, 0.3) is 0 Å². The molecule has 0 heterocycles. The highest BCUT2D eigenvalue weighted by atomic mass is 16.1. The van der Waals surface area contributed by atoms with Crippen LogP contribution in [0.5, 0.6) is 0 Å². The monoisotopic (exact) mass is 253 g/mol. The molecule has 98 valence electrons. The summed E-state index contributed by atoms with van der Waals surface area (Å²) in [5, 5.41) is 0. The van der Waals surface area contributed by atoms with Crippen LogP contribution in [0.1, 0.15) is 24.5 Å². The second kappa shape index (κ2) is 5.70. The zero-order chi connectivity index (χ0) is 13.7. The van der Waals surface area contributed by atoms with Crippen LogP contribution in [0.15, 0.2) is 60.7 Å². The number of rotatable bonds is 5. The van der Waals surface area contributed by atoms with Crippen LogP contribution in [0.4, 0.5) is 0 Å². The average Bonchev–Trinajstić information content (AvgIpc) is 2.46. The van der Waals surface area contributed by atoms with Crippen LogP contribution < -0.4 is 5.73 Å². The summed E-state index contributed by atoms with van der Waals surface area (Å²) < 4.78 is 0. The van der Waals surface area contributed by atoms with Crippen molar-refractivity contribution in [3.63, 3.8) is 0 Å².